The number of hydrogen-bond acceptors (Lipinski definition) is 3. The highest BCUT2D eigenvalue weighted by atomic mass is 32.2. The first kappa shape index (κ1) is 15.4. The molecule has 108 valence electrons. The first-order valence-electron chi connectivity index (χ1n) is 6.82. The van der Waals surface area contributed by atoms with Crippen LogP contribution in [0.15, 0.2) is 42.5 Å². The summed E-state index contributed by atoms with van der Waals surface area (Å²) in [6, 6.07) is 15.2. The molecule has 2 rings (SSSR count). The van der Waals surface area contributed by atoms with E-state index in [-0.39, 0.29) is 0 Å². The Kier molecular flexibility index (Phi) is 5.95. The van der Waals surface area contributed by atoms with Crippen molar-refractivity contribution in [3.8, 4) is 10.4 Å². The summed E-state index contributed by atoms with van der Waals surface area (Å²) >= 11 is 1.83. The average molecular weight is 307 g/mol. The van der Waals surface area contributed by atoms with Crippen LogP contribution in [0.2, 0.25) is 0 Å². The summed E-state index contributed by atoms with van der Waals surface area (Å²) in [6.07, 6.45) is 2.72. The van der Waals surface area contributed by atoms with Gasteiger partial charge in [0, 0.05) is 45.1 Å². The predicted octanol–water partition coefficient (Wildman–Crippen LogP) is 3.66. The zero-order valence-electron chi connectivity index (χ0n) is 12.0. The number of thiophene rings is 1. The van der Waals surface area contributed by atoms with Crippen LogP contribution in [0.5, 0.6) is 0 Å². The highest BCUT2D eigenvalue weighted by molar-refractivity contribution is 7.84. The minimum atomic E-state index is -0.692. The Balaban J connectivity index is 1.86. The van der Waals surface area contributed by atoms with Gasteiger partial charge in [0.15, 0.2) is 0 Å². The van der Waals surface area contributed by atoms with Gasteiger partial charge < -0.3 is 5.32 Å². The molecule has 4 heteroatoms. The van der Waals surface area contributed by atoms with Crippen LogP contribution in [0.25, 0.3) is 10.4 Å². The van der Waals surface area contributed by atoms with Crippen molar-refractivity contribution in [1.82, 2.24) is 5.32 Å². The normalized spacial score (nSPS) is 14.1. The summed E-state index contributed by atoms with van der Waals surface area (Å²) in [5, 5.41) is 3.50. The van der Waals surface area contributed by atoms with E-state index in [0.29, 0.717) is 6.04 Å². The molecule has 1 heterocycles. The molecule has 0 amide bonds. The lowest BCUT2D eigenvalue weighted by atomic mass is 10.2. The van der Waals surface area contributed by atoms with Gasteiger partial charge in [0.1, 0.15) is 0 Å². The Morgan fingerprint density at radius 3 is 2.65 bits per heavy atom. The van der Waals surface area contributed by atoms with E-state index >= 15 is 0 Å². The molecule has 0 fully saturated rings. The van der Waals surface area contributed by atoms with Crippen molar-refractivity contribution in [2.75, 3.05) is 12.0 Å². The van der Waals surface area contributed by atoms with Crippen molar-refractivity contribution in [2.45, 2.75) is 25.9 Å². The zero-order chi connectivity index (χ0) is 14.4. The molecule has 2 nitrogen and oxygen atoms in total. The van der Waals surface area contributed by atoms with E-state index in [9.17, 15) is 4.21 Å². The van der Waals surface area contributed by atoms with Gasteiger partial charge in [-0.15, -0.1) is 11.3 Å². The molecule has 0 saturated carbocycles. The maximum Gasteiger partial charge on any atom is 0.0346 e. The fourth-order valence-corrected chi connectivity index (χ4v) is 3.60. The van der Waals surface area contributed by atoms with Gasteiger partial charge in [-0.25, -0.2) is 0 Å². The van der Waals surface area contributed by atoms with Crippen molar-refractivity contribution >= 4 is 22.1 Å². The lowest BCUT2D eigenvalue weighted by Gasteiger charge is -2.11. The highest BCUT2D eigenvalue weighted by Gasteiger charge is 2.05. The lowest BCUT2D eigenvalue weighted by Crippen LogP contribution is -2.26. The van der Waals surface area contributed by atoms with E-state index in [1.54, 1.807) is 6.26 Å². The van der Waals surface area contributed by atoms with Gasteiger partial charge in [0.25, 0.3) is 0 Å². The maximum atomic E-state index is 11.1. The van der Waals surface area contributed by atoms with Crippen molar-refractivity contribution in [3.63, 3.8) is 0 Å². The van der Waals surface area contributed by atoms with Gasteiger partial charge in [-0.1, -0.05) is 30.3 Å². The Morgan fingerprint density at radius 2 is 1.95 bits per heavy atom. The minimum Gasteiger partial charge on any atom is -0.309 e. The van der Waals surface area contributed by atoms with Crippen molar-refractivity contribution in [1.29, 1.82) is 0 Å². The number of hydrogen-bond donors (Lipinski definition) is 1. The fraction of sp³-hybridized carbons (Fsp3) is 0.375. The molecule has 1 N–H and O–H groups in total. The average Bonchev–Trinajstić information content (AvgIpc) is 2.93. The van der Waals surface area contributed by atoms with Gasteiger partial charge in [-0.2, -0.15) is 0 Å². The molecule has 0 radical (unpaired) electrons. The van der Waals surface area contributed by atoms with Crippen LogP contribution in [0.3, 0.4) is 0 Å². The molecule has 0 bridgehead atoms. The standard InChI is InChI=1S/C16H21NOS2/c1-13(10-11-20(2)18)17-12-15-8-9-16(19-15)14-6-4-3-5-7-14/h3-9,13,17H,10-12H2,1-2H3. The van der Waals surface area contributed by atoms with Crippen molar-refractivity contribution in [2.24, 2.45) is 0 Å². The topological polar surface area (TPSA) is 29.1 Å². The third kappa shape index (κ3) is 4.85. The molecule has 0 spiro atoms. The third-order valence-electron chi connectivity index (χ3n) is 3.18. The monoisotopic (exact) mass is 307 g/mol. The summed E-state index contributed by atoms with van der Waals surface area (Å²) < 4.78 is 11.1. The molecule has 20 heavy (non-hydrogen) atoms. The van der Waals surface area contributed by atoms with Crippen LogP contribution in [0.4, 0.5) is 0 Å². The Morgan fingerprint density at radius 1 is 1.20 bits per heavy atom. The molecule has 0 aliphatic carbocycles. The number of benzene rings is 1. The second kappa shape index (κ2) is 7.72. The molecule has 1 aromatic heterocycles. The molecule has 0 aliphatic rings. The van der Waals surface area contributed by atoms with E-state index in [1.165, 1.54) is 15.3 Å². The second-order valence-electron chi connectivity index (χ2n) is 4.98. The summed E-state index contributed by atoms with van der Waals surface area (Å²) in [6.45, 7) is 3.04. The van der Waals surface area contributed by atoms with Crippen LogP contribution in [0, 0.1) is 0 Å². The maximum absolute atomic E-state index is 11.1. The molecule has 2 atom stereocenters. The first-order chi connectivity index (χ1) is 9.65. The zero-order valence-corrected chi connectivity index (χ0v) is 13.6. The van der Waals surface area contributed by atoms with Gasteiger partial charge in [0.05, 0.1) is 0 Å². The molecule has 0 aliphatic heterocycles. The Labute approximate surface area is 127 Å². The second-order valence-corrected chi connectivity index (χ2v) is 7.70. The molecular weight excluding hydrogens is 286 g/mol. The van der Waals surface area contributed by atoms with Crippen LogP contribution < -0.4 is 5.32 Å². The van der Waals surface area contributed by atoms with E-state index in [2.05, 4.69) is 48.6 Å². The van der Waals surface area contributed by atoms with Crippen LogP contribution in [-0.2, 0) is 17.3 Å². The minimum absolute atomic E-state index is 0.404. The third-order valence-corrected chi connectivity index (χ3v) is 5.13. The van der Waals surface area contributed by atoms with Gasteiger partial charge >= 0.3 is 0 Å². The summed E-state index contributed by atoms with van der Waals surface area (Å²) in [7, 11) is -0.692. The number of rotatable bonds is 7. The first-order valence-corrected chi connectivity index (χ1v) is 9.37. The quantitative estimate of drug-likeness (QED) is 0.846. The van der Waals surface area contributed by atoms with E-state index in [4.69, 9.17) is 0 Å². The van der Waals surface area contributed by atoms with Crippen LogP contribution in [-0.4, -0.2) is 22.3 Å². The van der Waals surface area contributed by atoms with Crippen molar-refractivity contribution < 1.29 is 4.21 Å². The van der Waals surface area contributed by atoms with Crippen LogP contribution >= 0.6 is 11.3 Å². The summed E-state index contributed by atoms with van der Waals surface area (Å²) in [5.74, 6) is 0.772. The molecule has 2 unspecified atom stereocenters. The largest absolute Gasteiger partial charge is 0.309 e. The van der Waals surface area contributed by atoms with E-state index < -0.39 is 10.8 Å². The molecule has 1 aromatic carbocycles. The Hall–Kier alpha value is -0.970. The SMILES string of the molecule is CC(CCS(C)=O)NCc1ccc(-c2ccccc2)s1. The summed E-state index contributed by atoms with van der Waals surface area (Å²) in [4.78, 5) is 2.65. The van der Waals surface area contributed by atoms with Crippen molar-refractivity contribution in [3.05, 3.63) is 47.3 Å². The smallest absolute Gasteiger partial charge is 0.0346 e. The molecular formula is C16H21NOS2. The Bertz CT molecular complexity index is 551. The van der Waals surface area contributed by atoms with E-state index in [1.807, 2.05) is 17.4 Å². The number of nitrogens with one attached hydrogen (secondary N) is 1. The van der Waals surface area contributed by atoms with Gasteiger partial charge in [-0.05, 0) is 31.0 Å². The molecule has 2 aromatic rings. The highest BCUT2D eigenvalue weighted by Crippen LogP contribution is 2.27. The fourth-order valence-electron chi connectivity index (χ4n) is 1.95. The predicted molar refractivity (Wildman–Crippen MR) is 89.6 cm³/mol. The van der Waals surface area contributed by atoms with Gasteiger partial charge in [0.2, 0.25) is 0 Å². The van der Waals surface area contributed by atoms with Crippen LogP contribution in [0.1, 0.15) is 18.2 Å². The van der Waals surface area contributed by atoms with E-state index in [0.717, 1.165) is 18.7 Å². The summed E-state index contributed by atoms with van der Waals surface area (Å²) in [5.41, 5.74) is 1.28. The van der Waals surface area contributed by atoms with Gasteiger partial charge in [-0.3, -0.25) is 4.21 Å². The lowest BCUT2D eigenvalue weighted by molar-refractivity contribution is 0.538. The molecule has 0 saturated heterocycles.